The summed E-state index contributed by atoms with van der Waals surface area (Å²) in [5.41, 5.74) is 3.37. The van der Waals surface area contributed by atoms with Crippen LogP contribution in [0.4, 0.5) is 13.2 Å². The highest BCUT2D eigenvalue weighted by molar-refractivity contribution is 6.24. The third kappa shape index (κ3) is 3.87. The molecule has 1 heterocycles. The van der Waals surface area contributed by atoms with Gasteiger partial charge in [-0.25, -0.2) is 4.98 Å². The van der Waals surface area contributed by atoms with Gasteiger partial charge in [-0.3, -0.25) is 4.57 Å². The van der Waals surface area contributed by atoms with Gasteiger partial charge in [0.05, 0.1) is 11.0 Å². The number of fused-ring (bicyclic) bond motifs is 7. The summed E-state index contributed by atoms with van der Waals surface area (Å²) in [6, 6.07) is 37.2. The van der Waals surface area contributed by atoms with Gasteiger partial charge in [0.2, 0.25) is 0 Å². The molecule has 190 valence electrons. The predicted octanol–water partition coefficient (Wildman–Crippen LogP) is 9.09. The number of benzene rings is 6. The van der Waals surface area contributed by atoms with Crippen LogP contribution in [0.25, 0.3) is 60.4 Å². The number of alkyl halides is 3. The van der Waals surface area contributed by atoms with Crippen molar-refractivity contribution >= 4 is 43.4 Å². The molecule has 0 fully saturated rings. The number of hydrogen-bond acceptors (Lipinski definition) is 2. The monoisotopic (exact) mass is 518 g/mol. The molecule has 0 aliphatic heterocycles. The molecule has 0 unspecified atom stereocenters. The van der Waals surface area contributed by atoms with E-state index in [9.17, 15) is 13.2 Å². The Morgan fingerprint density at radius 3 is 1.97 bits per heavy atom. The van der Waals surface area contributed by atoms with Crippen molar-refractivity contribution in [1.29, 1.82) is 0 Å². The topological polar surface area (TPSA) is 27.1 Å². The highest BCUT2D eigenvalue weighted by Crippen LogP contribution is 2.42. The number of nitrogens with zero attached hydrogens (tertiary/aromatic N) is 2. The molecule has 0 aliphatic rings. The third-order valence-electron chi connectivity index (χ3n) is 7.05. The zero-order valence-corrected chi connectivity index (χ0v) is 20.6. The van der Waals surface area contributed by atoms with E-state index in [0.717, 1.165) is 43.7 Å². The molecule has 7 rings (SSSR count). The first-order valence-corrected chi connectivity index (χ1v) is 12.6. The van der Waals surface area contributed by atoms with Gasteiger partial charge in [0.25, 0.3) is 0 Å². The molecular formula is C33H21F3N2O. The largest absolute Gasteiger partial charge is 0.483 e. The average Bonchev–Trinajstić information content (AvgIpc) is 3.37. The van der Waals surface area contributed by atoms with E-state index in [0.29, 0.717) is 16.8 Å². The van der Waals surface area contributed by atoms with Crippen molar-refractivity contribution in [3.63, 3.8) is 0 Å². The van der Waals surface area contributed by atoms with Gasteiger partial charge in [0, 0.05) is 27.4 Å². The number of ether oxygens (including phenoxy) is 1. The minimum absolute atomic E-state index is 0.168. The number of halogens is 3. The van der Waals surface area contributed by atoms with Gasteiger partial charge in [-0.2, -0.15) is 13.2 Å². The van der Waals surface area contributed by atoms with E-state index in [1.807, 2.05) is 78.9 Å². The molecular weight excluding hydrogens is 497 g/mol. The van der Waals surface area contributed by atoms with E-state index in [-0.39, 0.29) is 5.75 Å². The van der Waals surface area contributed by atoms with Crippen LogP contribution in [-0.2, 0) is 0 Å². The first kappa shape index (κ1) is 23.3. The van der Waals surface area contributed by atoms with E-state index in [2.05, 4.69) is 28.8 Å². The molecule has 39 heavy (non-hydrogen) atoms. The second-order valence-corrected chi connectivity index (χ2v) is 9.46. The molecule has 0 spiro atoms. The summed E-state index contributed by atoms with van der Waals surface area (Å²) in [4.78, 5) is 5.22. The van der Waals surface area contributed by atoms with Crippen LogP contribution in [0.3, 0.4) is 0 Å². The molecule has 0 atom stereocenters. The molecule has 0 bridgehead atoms. The van der Waals surface area contributed by atoms with E-state index >= 15 is 0 Å². The van der Waals surface area contributed by atoms with Gasteiger partial charge >= 0.3 is 6.18 Å². The quantitative estimate of drug-likeness (QED) is 0.217. The maximum absolute atomic E-state index is 13.1. The van der Waals surface area contributed by atoms with Crippen molar-refractivity contribution in [2.24, 2.45) is 0 Å². The summed E-state index contributed by atoms with van der Waals surface area (Å²) >= 11 is 0. The Morgan fingerprint density at radius 2 is 1.26 bits per heavy atom. The lowest BCUT2D eigenvalue weighted by Gasteiger charge is -2.16. The van der Waals surface area contributed by atoms with E-state index in [1.54, 1.807) is 12.1 Å². The standard InChI is InChI=1S/C33H21F3N2O/c34-33(35,36)20-39-28-19-9-11-21-10-8-18-27(29(21)28)32-37-30-25-16-6-4-14-23(25)24-15-5-7-17-26(24)31(30)38(32)22-12-2-1-3-13-22/h1-19H,20H2. The Balaban J connectivity index is 1.64. The fraction of sp³-hybridized carbons (Fsp3) is 0.0606. The molecule has 0 N–H and O–H groups in total. The maximum atomic E-state index is 13.1. The Morgan fingerprint density at radius 1 is 0.641 bits per heavy atom. The molecule has 0 radical (unpaired) electrons. The zero-order chi connectivity index (χ0) is 26.6. The van der Waals surface area contributed by atoms with Gasteiger partial charge < -0.3 is 4.74 Å². The Bertz CT molecular complexity index is 2000. The van der Waals surface area contributed by atoms with E-state index in [1.165, 1.54) is 0 Å². The van der Waals surface area contributed by atoms with Gasteiger partial charge in [0.1, 0.15) is 11.6 Å². The molecule has 1 aromatic heterocycles. The number of aromatic nitrogens is 2. The Hall–Kier alpha value is -4.84. The second-order valence-electron chi connectivity index (χ2n) is 9.46. The highest BCUT2D eigenvalue weighted by atomic mass is 19.4. The molecule has 0 amide bonds. The fourth-order valence-corrected chi connectivity index (χ4v) is 5.49. The summed E-state index contributed by atoms with van der Waals surface area (Å²) in [6.07, 6.45) is -4.45. The van der Waals surface area contributed by atoms with Gasteiger partial charge in [-0.15, -0.1) is 0 Å². The van der Waals surface area contributed by atoms with Crippen LogP contribution >= 0.6 is 0 Å². The first-order valence-electron chi connectivity index (χ1n) is 12.6. The summed E-state index contributed by atoms with van der Waals surface area (Å²) in [7, 11) is 0. The van der Waals surface area contributed by atoms with Crippen molar-refractivity contribution in [3.8, 4) is 22.8 Å². The summed E-state index contributed by atoms with van der Waals surface area (Å²) in [6.45, 7) is -1.37. The lowest BCUT2D eigenvalue weighted by atomic mass is 10.00. The molecule has 7 aromatic rings. The van der Waals surface area contributed by atoms with Crippen LogP contribution in [0.2, 0.25) is 0 Å². The Labute approximate surface area is 221 Å². The molecule has 0 saturated carbocycles. The molecule has 0 saturated heterocycles. The lowest BCUT2D eigenvalue weighted by Crippen LogP contribution is -2.19. The number of hydrogen-bond donors (Lipinski definition) is 0. The van der Waals surface area contributed by atoms with E-state index < -0.39 is 12.8 Å². The number of imidazole rings is 1. The van der Waals surface area contributed by atoms with E-state index in [4.69, 9.17) is 9.72 Å². The SMILES string of the molecule is FC(F)(F)COc1cccc2cccc(-c3nc4c5ccccc5c5ccccc5c4n3-c3ccccc3)c12. The lowest BCUT2D eigenvalue weighted by molar-refractivity contribution is -0.153. The van der Waals surface area contributed by atoms with Crippen molar-refractivity contribution in [1.82, 2.24) is 9.55 Å². The van der Waals surface area contributed by atoms with Crippen LogP contribution in [0.15, 0.2) is 115 Å². The smallest absolute Gasteiger partial charge is 0.422 e. The Kier molecular flexibility index (Phi) is 5.30. The molecule has 6 heteroatoms. The minimum atomic E-state index is -4.45. The third-order valence-corrected chi connectivity index (χ3v) is 7.05. The molecule has 3 nitrogen and oxygen atoms in total. The van der Waals surface area contributed by atoms with Gasteiger partial charge in [-0.05, 0) is 34.4 Å². The van der Waals surface area contributed by atoms with Crippen molar-refractivity contribution in [2.45, 2.75) is 6.18 Å². The first-order chi connectivity index (χ1) is 19.0. The van der Waals surface area contributed by atoms with Crippen LogP contribution in [0, 0.1) is 0 Å². The molecule has 6 aromatic carbocycles. The van der Waals surface area contributed by atoms with Gasteiger partial charge in [-0.1, -0.05) is 97.1 Å². The average molecular weight is 519 g/mol. The number of rotatable bonds is 4. The zero-order valence-electron chi connectivity index (χ0n) is 20.6. The minimum Gasteiger partial charge on any atom is -0.483 e. The van der Waals surface area contributed by atoms with Crippen molar-refractivity contribution in [3.05, 3.63) is 115 Å². The van der Waals surface area contributed by atoms with Crippen LogP contribution in [-0.4, -0.2) is 22.3 Å². The highest BCUT2D eigenvalue weighted by Gasteiger charge is 2.29. The van der Waals surface area contributed by atoms with Crippen molar-refractivity contribution in [2.75, 3.05) is 6.61 Å². The van der Waals surface area contributed by atoms with Crippen LogP contribution in [0.5, 0.6) is 5.75 Å². The summed E-state index contributed by atoms with van der Waals surface area (Å²) < 4.78 is 46.9. The summed E-state index contributed by atoms with van der Waals surface area (Å²) in [5, 5.41) is 5.62. The second kappa shape index (κ2) is 8.88. The van der Waals surface area contributed by atoms with Crippen LogP contribution < -0.4 is 4.74 Å². The van der Waals surface area contributed by atoms with Gasteiger partial charge in [0.15, 0.2) is 6.61 Å². The maximum Gasteiger partial charge on any atom is 0.422 e. The number of para-hydroxylation sites is 1. The predicted molar refractivity (Wildman–Crippen MR) is 151 cm³/mol. The fourth-order valence-electron chi connectivity index (χ4n) is 5.49. The normalized spacial score (nSPS) is 12.1. The van der Waals surface area contributed by atoms with Crippen molar-refractivity contribution < 1.29 is 17.9 Å². The molecule has 0 aliphatic carbocycles. The van der Waals surface area contributed by atoms with Crippen LogP contribution in [0.1, 0.15) is 0 Å². The summed E-state index contributed by atoms with van der Waals surface area (Å²) in [5.74, 6) is 0.799.